The first-order valence-corrected chi connectivity index (χ1v) is 12.9. The highest BCUT2D eigenvalue weighted by molar-refractivity contribution is 7.98. The lowest BCUT2D eigenvalue weighted by Gasteiger charge is -2.18. The Kier molecular flexibility index (Phi) is 5.68. The molecule has 0 saturated heterocycles. The van der Waals surface area contributed by atoms with Gasteiger partial charge >= 0.3 is 0 Å². The van der Waals surface area contributed by atoms with Gasteiger partial charge in [0.25, 0.3) is 5.56 Å². The zero-order valence-corrected chi connectivity index (χ0v) is 20.9. The summed E-state index contributed by atoms with van der Waals surface area (Å²) >= 11 is 9.64. The summed E-state index contributed by atoms with van der Waals surface area (Å²) < 4.78 is 7.04. The topological polar surface area (TPSA) is 60.9 Å². The van der Waals surface area contributed by atoms with Gasteiger partial charge in [-0.2, -0.15) is 0 Å². The zero-order valence-electron chi connectivity index (χ0n) is 18.5. The van der Waals surface area contributed by atoms with E-state index in [-0.39, 0.29) is 5.56 Å². The van der Waals surface area contributed by atoms with E-state index in [2.05, 4.69) is 12.1 Å². The van der Waals surface area contributed by atoms with Crippen molar-refractivity contribution in [1.29, 1.82) is 0 Å². The van der Waals surface area contributed by atoms with Gasteiger partial charge in [-0.25, -0.2) is 4.98 Å². The van der Waals surface area contributed by atoms with Gasteiger partial charge < -0.3 is 4.52 Å². The Hall–Kier alpha value is -2.09. The van der Waals surface area contributed by atoms with Gasteiger partial charge in [-0.15, -0.1) is 11.3 Å². The maximum Gasteiger partial charge on any atom is 0.267 e. The molecule has 0 bridgehead atoms. The summed E-state index contributed by atoms with van der Waals surface area (Å²) in [4.78, 5) is 21.0. The van der Waals surface area contributed by atoms with Gasteiger partial charge in [0.05, 0.1) is 16.8 Å². The summed E-state index contributed by atoms with van der Waals surface area (Å²) in [5.41, 5.74) is 4.80. The number of halogens is 1. The molecule has 5 rings (SSSR count). The summed E-state index contributed by atoms with van der Waals surface area (Å²) in [6.45, 7) is 8.08. The normalized spacial score (nSPS) is 16.0. The van der Waals surface area contributed by atoms with Crippen molar-refractivity contribution in [2.45, 2.75) is 57.9 Å². The minimum atomic E-state index is -0.0109. The Morgan fingerprint density at radius 1 is 1.31 bits per heavy atom. The van der Waals surface area contributed by atoms with Gasteiger partial charge in [-0.1, -0.05) is 41.5 Å². The van der Waals surface area contributed by atoms with Crippen molar-refractivity contribution in [1.82, 2.24) is 14.7 Å². The van der Waals surface area contributed by atoms with Crippen LogP contribution in [0.3, 0.4) is 0 Å². The van der Waals surface area contributed by atoms with Crippen LogP contribution >= 0.6 is 34.7 Å². The smallest absolute Gasteiger partial charge is 0.267 e. The number of aromatic nitrogens is 3. The molecule has 0 fully saturated rings. The molecule has 3 aromatic heterocycles. The fourth-order valence-electron chi connectivity index (χ4n) is 4.26. The van der Waals surface area contributed by atoms with E-state index in [4.69, 9.17) is 21.1 Å². The highest BCUT2D eigenvalue weighted by Crippen LogP contribution is 2.37. The fourth-order valence-corrected chi connectivity index (χ4v) is 7.03. The Morgan fingerprint density at radius 3 is 2.84 bits per heavy atom. The number of hydrogen-bond acceptors (Lipinski definition) is 6. The Bertz CT molecular complexity index is 1380. The van der Waals surface area contributed by atoms with Crippen molar-refractivity contribution < 1.29 is 4.52 Å². The van der Waals surface area contributed by atoms with Gasteiger partial charge in [0.1, 0.15) is 10.6 Å². The number of thiophene rings is 1. The van der Waals surface area contributed by atoms with E-state index < -0.39 is 0 Å². The molecule has 8 heteroatoms. The lowest BCUT2D eigenvalue weighted by Crippen LogP contribution is -2.22. The summed E-state index contributed by atoms with van der Waals surface area (Å²) in [6.07, 6.45) is 3.07. The highest BCUT2D eigenvalue weighted by Gasteiger charge is 2.25. The predicted molar refractivity (Wildman–Crippen MR) is 132 cm³/mol. The maximum absolute atomic E-state index is 13.9. The van der Waals surface area contributed by atoms with E-state index in [9.17, 15) is 4.79 Å². The number of hydrogen-bond donors (Lipinski definition) is 0. The maximum atomic E-state index is 13.9. The lowest BCUT2D eigenvalue weighted by molar-refractivity contribution is 0.392. The summed E-state index contributed by atoms with van der Waals surface area (Å²) in [5.74, 6) is 2.06. The number of aryl methyl sites for hydroxylation is 4. The molecule has 4 aromatic rings. The van der Waals surface area contributed by atoms with E-state index >= 15 is 0 Å². The number of rotatable bonds is 4. The van der Waals surface area contributed by atoms with Crippen LogP contribution in [0, 0.1) is 26.7 Å². The van der Waals surface area contributed by atoms with Crippen LogP contribution in [0.25, 0.3) is 15.9 Å². The molecule has 5 nitrogen and oxygen atoms in total. The quantitative estimate of drug-likeness (QED) is 0.246. The van der Waals surface area contributed by atoms with Gasteiger partial charge in [0, 0.05) is 21.2 Å². The average Bonchev–Trinajstić information content (AvgIpc) is 3.27. The second-order valence-electron chi connectivity index (χ2n) is 8.59. The van der Waals surface area contributed by atoms with Gasteiger partial charge in [-0.05, 0) is 69.2 Å². The number of benzene rings is 1. The van der Waals surface area contributed by atoms with E-state index in [0.717, 1.165) is 57.7 Å². The largest absolute Gasteiger partial charge is 0.361 e. The van der Waals surface area contributed by atoms with E-state index in [1.807, 2.05) is 39.0 Å². The Balaban J connectivity index is 1.70. The van der Waals surface area contributed by atoms with Crippen LogP contribution in [0.1, 0.15) is 46.4 Å². The van der Waals surface area contributed by atoms with Crippen molar-refractivity contribution >= 4 is 44.9 Å². The van der Waals surface area contributed by atoms with Crippen LogP contribution < -0.4 is 5.56 Å². The molecule has 0 N–H and O–H groups in total. The molecule has 1 aromatic carbocycles. The minimum absolute atomic E-state index is 0.0109. The van der Waals surface area contributed by atoms with Crippen LogP contribution in [-0.4, -0.2) is 14.7 Å². The van der Waals surface area contributed by atoms with E-state index in [1.165, 1.54) is 22.2 Å². The molecule has 32 heavy (non-hydrogen) atoms. The van der Waals surface area contributed by atoms with E-state index in [1.54, 1.807) is 15.9 Å². The monoisotopic (exact) mass is 485 g/mol. The molecular weight excluding hydrogens is 462 g/mol. The lowest BCUT2D eigenvalue weighted by atomic mass is 9.89. The number of fused-ring (bicyclic) bond motifs is 3. The number of thioether (sulfide) groups is 1. The third-order valence-electron chi connectivity index (χ3n) is 6.24. The van der Waals surface area contributed by atoms with Gasteiger partial charge in [0.2, 0.25) is 0 Å². The zero-order chi connectivity index (χ0) is 22.6. The summed E-state index contributed by atoms with van der Waals surface area (Å²) in [7, 11) is 0. The van der Waals surface area contributed by atoms with Crippen molar-refractivity contribution in [3.05, 3.63) is 66.6 Å². The Labute approximate surface area is 199 Å². The summed E-state index contributed by atoms with van der Waals surface area (Å²) in [6, 6.07) is 5.74. The third kappa shape index (κ3) is 3.70. The van der Waals surface area contributed by atoms with Crippen LogP contribution in [0.5, 0.6) is 0 Å². The van der Waals surface area contributed by atoms with Gasteiger partial charge in [0.15, 0.2) is 5.16 Å². The van der Waals surface area contributed by atoms with Crippen LogP contribution in [0.15, 0.2) is 32.7 Å². The van der Waals surface area contributed by atoms with Crippen molar-refractivity contribution in [2.24, 2.45) is 5.92 Å². The molecule has 0 spiro atoms. The van der Waals surface area contributed by atoms with Crippen molar-refractivity contribution in [3.63, 3.8) is 0 Å². The molecule has 0 unspecified atom stereocenters. The fraction of sp³-hybridized carbons (Fsp3) is 0.375. The molecule has 0 amide bonds. The molecule has 1 aliphatic carbocycles. The first kappa shape index (κ1) is 21.7. The first-order valence-electron chi connectivity index (χ1n) is 10.7. The molecule has 0 aliphatic heterocycles. The standard InChI is InChI=1S/C24H24ClN3O2S2/c1-12-5-8-17-20(9-12)32-22-21(17)23(29)28(16-7-6-13(2)19(25)10-16)24(26-22)31-11-18-14(3)27-30-15(18)4/h6-7,10,12H,5,8-9,11H2,1-4H3/t12-/m0/s1. The number of nitrogens with zero attached hydrogens (tertiary/aromatic N) is 3. The van der Waals surface area contributed by atoms with Crippen LogP contribution in [0.4, 0.5) is 0 Å². The molecular formula is C24H24ClN3O2S2. The molecule has 1 aliphatic rings. The highest BCUT2D eigenvalue weighted by atomic mass is 35.5. The predicted octanol–water partition coefficient (Wildman–Crippen LogP) is 6.43. The average molecular weight is 486 g/mol. The third-order valence-corrected chi connectivity index (χ3v) is 8.76. The van der Waals surface area contributed by atoms with Gasteiger partial charge in [-0.3, -0.25) is 9.36 Å². The second-order valence-corrected chi connectivity index (χ2v) is 11.0. The molecule has 3 heterocycles. The molecule has 166 valence electrons. The van der Waals surface area contributed by atoms with Crippen molar-refractivity contribution in [3.8, 4) is 5.69 Å². The second kappa shape index (κ2) is 8.36. The van der Waals surface area contributed by atoms with Crippen LogP contribution in [0.2, 0.25) is 5.02 Å². The van der Waals surface area contributed by atoms with Crippen molar-refractivity contribution in [2.75, 3.05) is 0 Å². The molecule has 0 saturated carbocycles. The van der Waals surface area contributed by atoms with E-state index in [0.29, 0.717) is 21.8 Å². The summed E-state index contributed by atoms with van der Waals surface area (Å²) in [5, 5.41) is 6.13. The van der Waals surface area contributed by atoms with Crippen LogP contribution in [-0.2, 0) is 18.6 Å². The first-order chi connectivity index (χ1) is 15.3. The molecule has 1 atom stereocenters. The SMILES string of the molecule is Cc1ccc(-n2c(SCc3c(C)noc3C)nc3sc4c(c3c2=O)CC[C@H](C)C4)cc1Cl. The minimum Gasteiger partial charge on any atom is -0.361 e. The molecule has 0 radical (unpaired) electrons. The Morgan fingerprint density at radius 2 is 2.12 bits per heavy atom.